The Hall–Kier alpha value is -1.06. The van der Waals surface area contributed by atoms with E-state index in [1.54, 1.807) is 0 Å². The van der Waals surface area contributed by atoms with Crippen LogP contribution in [-0.4, -0.2) is 12.1 Å². The molecule has 1 aliphatic heterocycles. The van der Waals surface area contributed by atoms with E-state index in [1.807, 2.05) is 12.1 Å². The fourth-order valence-corrected chi connectivity index (χ4v) is 2.56. The number of ether oxygens (including phenoxy) is 1. The lowest BCUT2D eigenvalue weighted by Gasteiger charge is -2.22. The minimum absolute atomic E-state index is 0.180. The van der Waals surface area contributed by atoms with Crippen molar-refractivity contribution in [3.63, 3.8) is 0 Å². The zero-order valence-electron chi connectivity index (χ0n) is 11.4. The molecule has 0 aromatic heterocycles. The summed E-state index contributed by atoms with van der Waals surface area (Å²) in [6, 6.07) is 8.50. The average molecular weight is 248 g/mol. The van der Waals surface area contributed by atoms with E-state index in [0.717, 1.165) is 24.5 Å². The smallest absolute Gasteiger partial charge is 0.123 e. The van der Waals surface area contributed by atoms with Gasteiger partial charge in [-0.1, -0.05) is 44.9 Å². The van der Waals surface area contributed by atoms with Gasteiger partial charge in [0.05, 0.1) is 6.04 Å². The highest BCUT2D eigenvalue weighted by Crippen LogP contribution is 2.30. The maximum Gasteiger partial charge on any atom is 0.123 e. The van der Waals surface area contributed by atoms with Gasteiger partial charge in [0.15, 0.2) is 0 Å². The molecule has 0 bridgehead atoms. The van der Waals surface area contributed by atoms with Crippen molar-refractivity contribution < 1.29 is 4.74 Å². The normalized spacial score (nSPS) is 19.7. The number of hydrogen-bond donors (Lipinski definition) is 2. The van der Waals surface area contributed by atoms with E-state index in [1.165, 1.54) is 18.4 Å². The van der Waals surface area contributed by atoms with Crippen molar-refractivity contribution in [2.75, 3.05) is 0 Å². The van der Waals surface area contributed by atoms with Gasteiger partial charge in [-0.3, -0.25) is 11.3 Å². The Morgan fingerprint density at radius 3 is 2.78 bits per heavy atom. The summed E-state index contributed by atoms with van der Waals surface area (Å²) in [7, 11) is 0. The van der Waals surface area contributed by atoms with Gasteiger partial charge in [0, 0.05) is 6.42 Å². The highest BCUT2D eigenvalue weighted by molar-refractivity contribution is 5.37. The number of nitrogens with one attached hydrogen (secondary N) is 1. The molecule has 2 atom stereocenters. The average Bonchev–Trinajstić information content (AvgIpc) is 2.77. The first-order valence-corrected chi connectivity index (χ1v) is 6.91. The third kappa shape index (κ3) is 3.24. The molecule has 1 aromatic carbocycles. The number of para-hydroxylation sites is 1. The van der Waals surface area contributed by atoms with Gasteiger partial charge in [-0.25, -0.2) is 0 Å². The fourth-order valence-electron chi connectivity index (χ4n) is 2.56. The van der Waals surface area contributed by atoms with Crippen molar-refractivity contribution in [1.29, 1.82) is 0 Å². The molecular weight excluding hydrogens is 224 g/mol. The van der Waals surface area contributed by atoms with Crippen LogP contribution in [0.1, 0.15) is 38.7 Å². The summed E-state index contributed by atoms with van der Waals surface area (Å²) in [5.74, 6) is 7.45. The summed E-state index contributed by atoms with van der Waals surface area (Å²) in [4.78, 5) is 0. The van der Waals surface area contributed by atoms with Gasteiger partial charge in [-0.05, 0) is 24.0 Å². The minimum Gasteiger partial charge on any atom is -0.488 e. The predicted octanol–water partition coefficient (Wildman–Crippen LogP) is 2.65. The lowest BCUT2D eigenvalue weighted by atomic mass is 9.98. The lowest BCUT2D eigenvalue weighted by Crippen LogP contribution is -2.46. The summed E-state index contributed by atoms with van der Waals surface area (Å²) in [6.45, 7) is 4.51. The maximum absolute atomic E-state index is 5.97. The monoisotopic (exact) mass is 248 g/mol. The molecule has 2 unspecified atom stereocenters. The Kier molecular flexibility index (Phi) is 4.61. The largest absolute Gasteiger partial charge is 0.488 e. The third-order valence-corrected chi connectivity index (χ3v) is 3.63. The molecule has 0 spiro atoms. The van der Waals surface area contributed by atoms with E-state index in [4.69, 9.17) is 10.6 Å². The highest BCUT2D eigenvalue weighted by Gasteiger charge is 2.29. The quantitative estimate of drug-likeness (QED) is 0.601. The number of fused-ring (bicyclic) bond motifs is 1. The van der Waals surface area contributed by atoms with Crippen LogP contribution in [0.15, 0.2) is 24.3 Å². The van der Waals surface area contributed by atoms with Gasteiger partial charge in [-0.15, -0.1) is 0 Å². The molecule has 18 heavy (non-hydrogen) atoms. The Labute approximate surface area is 110 Å². The molecule has 0 saturated heterocycles. The lowest BCUT2D eigenvalue weighted by molar-refractivity contribution is 0.169. The van der Waals surface area contributed by atoms with Crippen molar-refractivity contribution in [2.24, 2.45) is 11.8 Å². The van der Waals surface area contributed by atoms with Crippen LogP contribution in [0.25, 0.3) is 0 Å². The summed E-state index contributed by atoms with van der Waals surface area (Å²) in [6.07, 6.45) is 4.67. The van der Waals surface area contributed by atoms with Gasteiger partial charge in [0.2, 0.25) is 0 Å². The van der Waals surface area contributed by atoms with E-state index in [-0.39, 0.29) is 12.1 Å². The molecule has 3 heteroatoms. The second kappa shape index (κ2) is 6.21. The number of rotatable bonds is 6. The zero-order valence-corrected chi connectivity index (χ0v) is 11.4. The van der Waals surface area contributed by atoms with E-state index >= 15 is 0 Å². The van der Waals surface area contributed by atoms with Gasteiger partial charge in [-0.2, -0.15) is 0 Å². The van der Waals surface area contributed by atoms with Crippen molar-refractivity contribution in [1.82, 2.24) is 5.43 Å². The van der Waals surface area contributed by atoms with Crippen LogP contribution in [0.4, 0.5) is 0 Å². The molecule has 2 rings (SSSR count). The van der Waals surface area contributed by atoms with Crippen LogP contribution in [-0.2, 0) is 6.42 Å². The summed E-state index contributed by atoms with van der Waals surface area (Å²) in [5, 5.41) is 0. The Bertz CT molecular complexity index is 354. The molecule has 1 aromatic rings. The first kappa shape index (κ1) is 13.4. The standard InChI is InChI=1S/C15H24N2O/c1-11(2)6-5-8-13(17-16)15-10-12-7-3-4-9-14(12)18-15/h3-4,7,9,11,13,15,17H,5-6,8,10,16H2,1-2H3. The Balaban J connectivity index is 1.87. The van der Waals surface area contributed by atoms with Crippen molar-refractivity contribution >= 4 is 0 Å². The first-order valence-electron chi connectivity index (χ1n) is 6.91. The van der Waals surface area contributed by atoms with Gasteiger partial charge >= 0.3 is 0 Å². The van der Waals surface area contributed by atoms with Crippen LogP contribution in [0.3, 0.4) is 0 Å². The number of hydrogen-bond acceptors (Lipinski definition) is 3. The molecule has 100 valence electrons. The zero-order chi connectivity index (χ0) is 13.0. The maximum atomic E-state index is 5.97. The second-order valence-corrected chi connectivity index (χ2v) is 5.57. The molecule has 0 aliphatic carbocycles. The topological polar surface area (TPSA) is 47.3 Å². The van der Waals surface area contributed by atoms with Crippen LogP contribution < -0.4 is 16.0 Å². The number of hydrazine groups is 1. The van der Waals surface area contributed by atoms with Crippen molar-refractivity contribution in [2.45, 2.75) is 51.7 Å². The summed E-state index contributed by atoms with van der Waals surface area (Å²) < 4.78 is 5.97. The van der Waals surface area contributed by atoms with Gasteiger partial charge < -0.3 is 4.74 Å². The molecule has 1 heterocycles. The van der Waals surface area contributed by atoms with E-state index < -0.39 is 0 Å². The SMILES string of the molecule is CC(C)CCCC(NN)C1Cc2ccccc2O1. The molecule has 0 amide bonds. The van der Waals surface area contributed by atoms with Crippen LogP contribution in [0.2, 0.25) is 0 Å². The van der Waals surface area contributed by atoms with Gasteiger partial charge in [0.25, 0.3) is 0 Å². The van der Waals surface area contributed by atoms with Crippen molar-refractivity contribution in [3.05, 3.63) is 29.8 Å². The number of nitrogens with two attached hydrogens (primary N) is 1. The molecular formula is C15H24N2O. The first-order chi connectivity index (χ1) is 8.70. The minimum atomic E-state index is 0.180. The summed E-state index contributed by atoms with van der Waals surface area (Å²) >= 11 is 0. The van der Waals surface area contributed by atoms with Crippen LogP contribution in [0, 0.1) is 5.92 Å². The van der Waals surface area contributed by atoms with E-state index in [9.17, 15) is 0 Å². The second-order valence-electron chi connectivity index (χ2n) is 5.57. The molecule has 0 radical (unpaired) electrons. The molecule has 1 aliphatic rings. The van der Waals surface area contributed by atoms with Crippen LogP contribution >= 0.6 is 0 Å². The Morgan fingerprint density at radius 1 is 1.33 bits per heavy atom. The molecule has 0 saturated carbocycles. The Morgan fingerprint density at radius 2 is 2.11 bits per heavy atom. The van der Waals surface area contributed by atoms with E-state index in [2.05, 4.69) is 31.4 Å². The highest BCUT2D eigenvalue weighted by atomic mass is 16.5. The molecule has 3 nitrogen and oxygen atoms in total. The summed E-state index contributed by atoms with van der Waals surface area (Å²) in [5.41, 5.74) is 4.23. The van der Waals surface area contributed by atoms with Crippen molar-refractivity contribution in [3.8, 4) is 5.75 Å². The number of benzene rings is 1. The fraction of sp³-hybridized carbons (Fsp3) is 0.600. The third-order valence-electron chi connectivity index (χ3n) is 3.63. The van der Waals surface area contributed by atoms with Crippen LogP contribution in [0.5, 0.6) is 5.75 Å². The molecule has 0 fully saturated rings. The van der Waals surface area contributed by atoms with E-state index in [0.29, 0.717) is 0 Å². The van der Waals surface area contributed by atoms with Gasteiger partial charge in [0.1, 0.15) is 11.9 Å². The molecule has 3 N–H and O–H groups in total. The predicted molar refractivity (Wildman–Crippen MR) is 74.4 cm³/mol.